The van der Waals surface area contributed by atoms with Gasteiger partial charge >= 0.3 is 0 Å². The summed E-state index contributed by atoms with van der Waals surface area (Å²) < 4.78 is 1.53. The minimum absolute atomic E-state index is 0.300. The van der Waals surface area contributed by atoms with Gasteiger partial charge in [-0.2, -0.15) is 0 Å². The largest absolute Gasteiger partial charge is 0.385 e. The second-order valence-corrected chi connectivity index (χ2v) is 3.13. The van der Waals surface area contributed by atoms with Gasteiger partial charge in [0.15, 0.2) is 0 Å². The second kappa shape index (κ2) is 4.85. The van der Waals surface area contributed by atoms with Crippen LogP contribution in [0.25, 0.3) is 0 Å². The molecule has 0 bridgehead atoms. The molecule has 1 aromatic heterocycles. The molecule has 0 aliphatic heterocycles. The molecule has 0 saturated carbocycles. The van der Waals surface area contributed by atoms with Gasteiger partial charge in [0.25, 0.3) is 0 Å². The molecule has 1 N–H and O–H groups in total. The van der Waals surface area contributed by atoms with Crippen LogP contribution in [0, 0.1) is 0 Å². The number of aliphatic hydroxyl groups excluding tert-OH is 1. The molecule has 0 aliphatic carbocycles. The summed E-state index contributed by atoms with van der Waals surface area (Å²) in [7, 11) is 0. The molecule has 5 nitrogen and oxygen atoms in total. The molecule has 5 heteroatoms. The van der Waals surface area contributed by atoms with Gasteiger partial charge in [-0.05, 0) is 12.8 Å². The summed E-state index contributed by atoms with van der Waals surface area (Å²) in [6, 6.07) is 0. The van der Waals surface area contributed by atoms with Crippen LogP contribution in [0.15, 0.2) is 6.20 Å². The van der Waals surface area contributed by atoms with E-state index in [-0.39, 0.29) is 5.78 Å². The molecule has 1 atom stereocenters. The number of rotatable bonds is 5. The van der Waals surface area contributed by atoms with E-state index in [1.807, 2.05) is 6.92 Å². The molecule has 0 aromatic carbocycles. The van der Waals surface area contributed by atoms with Crippen molar-refractivity contribution in [3.63, 3.8) is 0 Å². The lowest BCUT2D eigenvalue weighted by Crippen LogP contribution is -2.22. The first-order valence-corrected chi connectivity index (χ1v) is 4.81. The standard InChI is InChI=1S/C9H15N3O2/c1-3-5-12-7(6-10-11-12)9(14)8(13)4-2/h6,8,13H,3-5H2,1-2H3. The zero-order valence-electron chi connectivity index (χ0n) is 8.47. The zero-order valence-corrected chi connectivity index (χ0v) is 8.47. The van der Waals surface area contributed by atoms with Crippen LogP contribution in [0.3, 0.4) is 0 Å². The molecule has 1 unspecified atom stereocenters. The van der Waals surface area contributed by atoms with Gasteiger partial charge < -0.3 is 5.11 Å². The predicted octanol–water partition coefficient (Wildman–Crippen LogP) is 0.642. The highest BCUT2D eigenvalue weighted by Crippen LogP contribution is 2.05. The molecule has 0 radical (unpaired) electrons. The smallest absolute Gasteiger partial charge is 0.210 e. The zero-order chi connectivity index (χ0) is 10.6. The Labute approximate surface area is 82.7 Å². The SMILES string of the molecule is CCCn1nncc1C(=O)C(O)CC. The summed E-state index contributed by atoms with van der Waals surface area (Å²) in [6.45, 7) is 4.40. The molecule has 0 aliphatic rings. The van der Waals surface area contributed by atoms with Crippen LogP contribution in [0.4, 0.5) is 0 Å². The highest BCUT2D eigenvalue weighted by molar-refractivity contribution is 5.97. The molecule has 0 spiro atoms. The first kappa shape index (κ1) is 10.8. The topological polar surface area (TPSA) is 68.0 Å². The number of aliphatic hydroxyl groups is 1. The number of Topliss-reactive ketones (excluding diaryl/α,β-unsaturated/α-hetero) is 1. The summed E-state index contributed by atoms with van der Waals surface area (Å²) in [4.78, 5) is 11.6. The van der Waals surface area contributed by atoms with E-state index in [4.69, 9.17) is 0 Å². The molecular formula is C9H15N3O2. The lowest BCUT2D eigenvalue weighted by molar-refractivity contribution is 0.0729. The molecule has 0 saturated heterocycles. The molecule has 78 valence electrons. The van der Waals surface area contributed by atoms with E-state index in [2.05, 4.69) is 10.3 Å². The van der Waals surface area contributed by atoms with E-state index in [1.165, 1.54) is 10.9 Å². The normalized spacial score (nSPS) is 12.8. The van der Waals surface area contributed by atoms with Crippen molar-refractivity contribution in [2.45, 2.75) is 39.3 Å². The van der Waals surface area contributed by atoms with Crippen molar-refractivity contribution in [2.75, 3.05) is 0 Å². The Morgan fingerprint density at radius 3 is 2.93 bits per heavy atom. The number of carbonyl (C=O) groups excluding carboxylic acids is 1. The van der Waals surface area contributed by atoms with Gasteiger partial charge in [-0.3, -0.25) is 4.79 Å². The molecule has 1 heterocycles. The van der Waals surface area contributed by atoms with Crippen LogP contribution >= 0.6 is 0 Å². The Balaban J connectivity index is 2.83. The van der Waals surface area contributed by atoms with E-state index in [0.29, 0.717) is 18.7 Å². The Kier molecular flexibility index (Phi) is 3.76. The van der Waals surface area contributed by atoms with Crippen LogP contribution in [0.2, 0.25) is 0 Å². The Bertz CT molecular complexity index is 309. The predicted molar refractivity (Wildman–Crippen MR) is 50.9 cm³/mol. The fourth-order valence-corrected chi connectivity index (χ4v) is 1.18. The third-order valence-electron chi connectivity index (χ3n) is 1.99. The minimum Gasteiger partial charge on any atom is -0.385 e. The van der Waals surface area contributed by atoms with Gasteiger partial charge in [0, 0.05) is 6.54 Å². The Morgan fingerprint density at radius 1 is 1.64 bits per heavy atom. The quantitative estimate of drug-likeness (QED) is 0.703. The van der Waals surface area contributed by atoms with Crippen molar-refractivity contribution in [2.24, 2.45) is 0 Å². The fourth-order valence-electron chi connectivity index (χ4n) is 1.18. The third-order valence-corrected chi connectivity index (χ3v) is 1.99. The lowest BCUT2D eigenvalue weighted by Gasteiger charge is -2.07. The van der Waals surface area contributed by atoms with Crippen LogP contribution in [0.1, 0.15) is 37.2 Å². The molecule has 14 heavy (non-hydrogen) atoms. The monoisotopic (exact) mass is 197 g/mol. The summed E-state index contributed by atoms with van der Waals surface area (Å²) in [5.41, 5.74) is 0.390. The number of carbonyl (C=O) groups is 1. The van der Waals surface area contributed by atoms with E-state index in [0.717, 1.165) is 6.42 Å². The maximum atomic E-state index is 11.6. The van der Waals surface area contributed by atoms with Gasteiger partial charge in [-0.1, -0.05) is 19.1 Å². The van der Waals surface area contributed by atoms with Gasteiger partial charge in [-0.15, -0.1) is 5.10 Å². The van der Waals surface area contributed by atoms with Crippen molar-refractivity contribution in [1.82, 2.24) is 15.0 Å². The van der Waals surface area contributed by atoms with Gasteiger partial charge in [0.05, 0.1) is 6.20 Å². The second-order valence-electron chi connectivity index (χ2n) is 3.13. The van der Waals surface area contributed by atoms with Gasteiger partial charge in [0.2, 0.25) is 5.78 Å². The summed E-state index contributed by atoms with van der Waals surface area (Å²) >= 11 is 0. The molecule has 1 aromatic rings. The molecule has 1 rings (SSSR count). The highest BCUT2D eigenvalue weighted by atomic mass is 16.3. The van der Waals surface area contributed by atoms with E-state index < -0.39 is 6.10 Å². The number of hydrogen-bond acceptors (Lipinski definition) is 4. The molecule has 0 fully saturated rings. The average Bonchev–Trinajstić information content (AvgIpc) is 2.64. The van der Waals surface area contributed by atoms with Crippen LogP contribution < -0.4 is 0 Å². The number of aromatic nitrogens is 3. The number of nitrogens with zero attached hydrogens (tertiary/aromatic N) is 3. The van der Waals surface area contributed by atoms with Crippen molar-refractivity contribution in [1.29, 1.82) is 0 Å². The van der Waals surface area contributed by atoms with Gasteiger partial charge in [0.1, 0.15) is 11.8 Å². The van der Waals surface area contributed by atoms with E-state index in [1.54, 1.807) is 6.92 Å². The first-order chi connectivity index (χ1) is 6.70. The van der Waals surface area contributed by atoms with Crippen LogP contribution in [-0.4, -0.2) is 32.0 Å². The lowest BCUT2D eigenvalue weighted by atomic mass is 10.1. The Morgan fingerprint density at radius 2 is 2.36 bits per heavy atom. The van der Waals surface area contributed by atoms with Crippen molar-refractivity contribution in [3.8, 4) is 0 Å². The minimum atomic E-state index is -0.941. The molecular weight excluding hydrogens is 182 g/mol. The van der Waals surface area contributed by atoms with E-state index >= 15 is 0 Å². The number of aryl methyl sites for hydroxylation is 1. The Hall–Kier alpha value is -1.23. The first-order valence-electron chi connectivity index (χ1n) is 4.81. The average molecular weight is 197 g/mol. The maximum absolute atomic E-state index is 11.6. The summed E-state index contributed by atoms with van der Waals surface area (Å²) in [5.74, 6) is -0.300. The fraction of sp³-hybridized carbons (Fsp3) is 0.667. The number of ketones is 1. The van der Waals surface area contributed by atoms with Gasteiger partial charge in [-0.25, -0.2) is 4.68 Å². The highest BCUT2D eigenvalue weighted by Gasteiger charge is 2.19. The third kappa shape index (κ3) is 2.17. The van der Waals surface area contributed by atoms with Crippen LogP contribution in [-0.2, 0) is 6.54 Å². The summed E-state index contributed by atoms with van der Waals surface area (Å²) in [5, 5.41) is 16.8. The van der Waals surface area contributed by atoms with Crippen molar-refractivity contribution < 1.29 is 9.90 Å². The maximum Gasteiger partial charge on any atom is 0.210 e. The van der Waals surface area contributed by atoms with Crippen LogP contribution in [0.5, 0.6) is 0 Å². The van der Waals surface area contributed by atoms with Crippen molar-refractivity contribution in [3.05, 3.63) is 11.9 Å². The van der Waals surface area contributed by atoms with E-state index in [9.17, 15) is 9.90 Å². The summed E-state index contributed by atoms with van der Waals surface area (Å²) in [6.07, 6.45) is 1.75. The molecule has 0 amide bonds. The van der Waals surface area contributed by atoms with Crippen molar-refractivity contribution >= 4 is 5.78 Å². The number of hydrogen-bond donors (Lipinski definition) is 1.